The molecule has 0 aliphatic heterocycles. The molecule has 0 bridgehead atoms. The minimum absolute atomic E-state index is 0.0959. The average Bonchev–Trinajstić information content (AvgIpc) is 3.02. The van der Waals surface area contributed by atoms with Crippen LogP contribution in [0.25, 0.3) is 0 Å². The lowest BCUT2D eigenvalue weighted by Crippen LogP contribution is -2.36. The summed E-state index contributed by atoms with van der Waals surface area (Å²) < 4.78 is 55.4. The van der Waals surface area contributed by atoms with Crippen molar-refractivity contribution in [2.45, 2.75) is 6.18 Å². The van der Waals surface area contributed by atoms with Gasteiger partial charge >= 0.3 is 6.18 Å². The second-order valence-electron chi connectivity index (χ2n) is 4.44. The van der Waals surface area contributed by atoms with Crippen LogP contribution in [0.5, 0.6) is 0 Å². The third-order valence-electron chi connectivity index (χ3n) is 2.81. The number of hydrogen-bond donors (Lipinski definition) is 0. The fraction of sp³-hybridized carbons (Fsp3) is 0.133. The van der Waals surface area contributed by atoms with Crippen molar-refractivity contribution in [3.8, 4) is 0 Å². The van der Waals surface area contributed by atoms with E-state index in [1.54, 1.807) is 0 Å². The van der Waals surface area contributed by atoms with Crippen LogP contribution in [0.15, 0.2) is 52.1 Å². The Balaban J connectivity index is 2.32. The third kappa shape index (κ3) is 4.12. The molecular formula is C15H9F4NO3. The smallest absolute Gasteiger partial charge is 0.451 e. The van der Waals surface area contributed by atoms with Gasteiger partial charge in [-0.05, 0) is 36.4 Å². The maximum absolute atomic E-state index is 12.8. The first kappa shape index (κ1) is 16.6. The van der Waals surface area contributed by atoms with Gasteiger partial charge in [0, 0.05) is 6.21 Å². The number of rotatable bonds is 5. The topological polar surface area (TPSA) is 59.6 Å². The fourth-order valence-corrected chi connectivity index (χ4v) is 1.69. The highest BCUT2D eigenvalue weighted by Crippen LogP contribution is 2.24. The van der Waals surface area contributed by atoms with E-state index >= 15 is 0 Å². The van der Waals surface area contributed by atoms with E-state index in [1.165, 1.54) is 18.2 Å². The number of ketones is 2. The van der Waals surface area contributed by atoms with Crippen LogP contribution < -0.4 is 0 Å². The van der Waals surface area contributed by atoms with Crippen LogP contribution in [-0.2, 0) is 4.79 Å². The number of furan rings is 1. The molecule has 2 rings (SSSR count). The van der Waals surface area contributed by atoms with Crippen molar-refractivity contribution in [3.63, 3.8) is 0 Å². The van der Waals surface area contributed by atoms with E-state index in [0.717, 1.165) is 24.5 Å². The van der Waals surface area contributed by atoms with Gasteiger partial charge in [-0.1, -0.05) is 0 Å². The van der Waals surface area contributed by atoms with Gasteiger partial charge in [-0.25, -0.2) is 4.39 Å². The zero-order valence-electron chi connectivity index (χ0n) is 11.4. The molecule has 0 saturated heterocycles. The van der Waals surface area contributed by atoms with Crippen LogP contribution in [0.4, 0.5) is 23.2 Å². The van der Waals surface area contributed by atoms with Crippen LogP contribution in [0.2, 0.25) is 0 Å². The molecule has 1 unspecified atom stereocenters. The molecule has 0 amide bonds. The van der Waals surface area contributed by atoms with Crippen molar-refractivity contribution in [2.75, 3.05) is 0 Å². The molecule has 1 aromatic carbocycles. The van der Waals surface area contributed by atoms with Crippen molar-refractivity contribution in [2.24, 2.45) is 10.9 Å². The lowest BCUT2D eigenvalue weighted by molar-refractivity contribution is -0.171. The Morgan fingerprint density at radius 3 is 2.30 bits per heavy atom. The van der Waals surface area contributed by atoms with Crippen molar-refractivity contribution >= 4 is 23.5 Å². The van der Waals surface area contributed by atoms with E-state index in [4.69, 9.17) is 4.42 Å². The Bertz CT molecular complexity index is 718. The average molecular weight is 327 g/mol. The molecule has 0 spiro atoms. The lowest BCUT2D eigenvalue weighted by atomic mass is 9.98. The SMILES string of the molecule is O=C(c1ccco1)C(C=Nc1ccc(F)cc1)C(=O)C(F)(F)F. The Morgan fingerprint density at radius 1 is 1.13 bits per heavy atom. The summed E-state index contributed by atoms with van der Waals surface area (Å²) in [6, 6.07) is 6.92. The van der Waals surface area contributed by atoms with Crippen molar-refractivity contribution in [3.05, 3.63) is 54.2 Å². The quantitative estimate of drug-likeness (QED) is 0.364. The second-order valence-corrected chi connectivity index (χ2v) is 4.44. The number of aliphatic imine (C=N–C) groups is 1. The van der Waals surface area contributed by atoms with Gasteiger partial charge in [-0.15, -0.1) is 0 Å². The first-order chi connectivity index (χ1) is 10.8. The summed E-state index contributed by atoms with van der Waals surface area (Å²) >= 11 is 0. The molecule has 0 aliphatic rings. The van der Waals surface area contributed by atoms with Gasteiger partial charge in [0.25, 0.3) is 5.78 Å². The van der Waals surface area contributed by atoms with Crippen LogP contribution in [0.1, 0.15) is 10.6 Å². The van der Waals surface area contributed by atoms with E-state index in [9.17, 15) is 27.2 Å². The van der Waals surface area contributed by atoms with Gasteiger partial charge < -0.3 is 4.42 Å². The zero-order valence-corrected chi connectivity index (χ0v) is 11.4. The normalized spacial score (nSPS) is 13.2. The number of carbonyl (C=O) groups is 2. The van der Waals surface area contributed by atoms with E-state index in [-0.39, 0.29) is 5.69 Å². The maximum atomic E-state index is 12.8. The molecule has 8 heteroatoms. The highest BCUT2D eigenvalue weighted by molar-refractivity contribution is 6.20. The molecule has 1 heterocycles. The molecule has 0 N–H and O–H groups in total. The van der Waals surface area contributed by atoms with Crippen LogP contribution in [-0.4, -0.2) is 24.0 Å². The molecule has 23 heavy (non-hydrogen) atoms. The van der Waals surface area contributed by atoms with Crippen molar-refractivity contribution < 1.29 is 31.6 Å². The number of alkyl halides is 3. The van der Waals surface area contributed by atoms with Crippen LogP contribution >= 0.6 is 0 Å². The maximum Gasteiger partial charge on any atom is 0.451 e. The Kier molecular flexibility index (Phi) is 4.73. The minimum Gasteiger partial charge on any atom is -0.461 e. The summed E-state index contributed by atoms with van der Waals surface area (Å²) in [6.45, 7) is 0. The largest absolute Gasteiger partial charge is 0.461 e. The molecule has 0 radical (unpaired) electrons. The standard InChI is InChI=1S/C15H9F4NO3/c16-9-3-5-10(6-4-9)20-8-11(14(22)15(17,18)19)13(21)12-2-1-7-23-12/h1-8,11H. The lowest BCUT2D eigenvalue weighted by Gasteiger charge is -2.11. The summed E-state index contributed by atoms with van der Waals surface area (Å²) in [6.07, 6.45) is -3.53. The number of Topliss-reactive ketones (excluding diaryl/α,β-unsaturated/α-hetero) is 2. The molecular weight excluding hydrogens is 318 g/mol. The Hall–Kier alpha value is -2.77. The number of carbonyl (C=O) groups excluding carboxylic acids is 2. The Labute approximate surface area is 127 Å². The molecule has 0 fully saturated rings. The predicted molar refractivity (Wildman–Crippen MR) is 72.1 cm³/mol. The first-order valence-corrected chi connectivity index (χ1v) is 6.27. The molecule has 0 saturated carbocycles. The molecule has 1 atom stereocenters. The summed E-state index contributed by atoms with van der Waals surface area (Å²) in [7, 11) is 0. The van der Waals surface area contributed by atoms with E-state index in [0.29, 0.717) is 6.21 Å². The predicted octanol–water partition coefficient (Wildman–Crippen LogP) is 3.75. The summed E-state index contributed by atoms with van der Waals surface area (Å²) in [5.74, 6) is -6.55. The van der Waals surface area contributed by atoms with Crippen LogP contribution in [0, 0.1) is 11.7 Å². The monoisotopic (exact) mass is 327 g/mol. The number of nitrogens with zero attached hydrogens (tertiary/aromatic N) is 1. The summed E-state index contributed by atoms with van der Waals surface area (Å²) in [5.41, 5.74) is 0.0959. The summed E-state index contributed by atoms with van der Waals surface area (Å²) in [5, 5.41) is 0. The highest BCUT2D eigenvalue weighted by Gasteiger charge is 2.46. The molecule has 4 nitrogen and oxygen atoms in total. The minimum atomic E-state index is -5.21. The summed E-state index contributed by atoms with van der Waals surface area (Å²) in [4.78, 5) is 27.1. The van der Waals surface area contributed by atoms with Gasteiger partial charge in [-0.2, -0.15) is 13.2 Å². The van der Waals surface area contributed by atoms with Crippen LogP contribution in [0.3, 0.4) is 0 Å². The van der Waals surface area contributed by atoms with E-state index in [1.807, 2.05) is 0 Å². The first-order valence-electron chi connectivity index (χ1n) is 6.27. The fourth-order valence-electron chi connectivity index (χ4n) is 1.69. The molecule has 1 aromatic heterocycles. The molecule has 2 aromatic rings. The van der Waals surface area contributed by atoms with Crippen molar-refractivity contribution in [1.29, 1.82) is 0 Å². The van der Waals surface area contributed by atoms with Gasteiger partial charge in [0.05, 0.1) is 12.0 Å². The number of hydrogen-bond acceptors (Lipinski definition) is 4. The van der Waals surface area contributed by atoms with Crippen molar-refractivity contribution in [1.82, 2.24) is 0 Å². The third-order valence-corrected chi connectivity index (χ3v) is 2.81. The Morgan fingerprint density at radius 2 is 1.78 bits per heavy atom. The van der Waals surface area contributed by atoms with Gasteiger partial charge in [0.15, 0.2) is 5.76 Å². The van der Waals surface area contributed by atoms with Gasteiger partial charge in [0.1, 0.15) is 11.7 Å². The van der Waals surface area contributed by atoms with E-state index < -0.39 is 35.2 Å². The van der Waals surface area contributed by atoms with Gasteiger partial charge in [0.2, 0.25) is 5.78 Å². The number of benzene rings is 1. The zero-order chi connectivity index (χ0) is 17.0. The highest BCUT2D eigenvalue weighted by atomic mass is 19.4. The van der Waals surface area contributed by atoms with E-state index in [2.05, 4.69) is 4.99 Å². The second kappa shape index (κ2) is 6.55. The number of halogens is 4. The van der Waals surface area contributed by atoms with Gasteiger partial charge in [-0.3, -0.25) is 14.6 Å². The molecule has 0 aliphatic carbocycles. The molecule has 120 valence electrons.